The van der Waals surface area contributed by atoms with Gasteiger partial charge in [0.05, 0.1) is 23.9 Å². The molecule has 3 aromatic rings. The molecule has 1 N–H and O–H groups in total. The molecule has 4 rings (SSSR count). The lowest BCUT2D eigenvalue weighted by Crippen LogP contribution is -2.44. The zero-order valence-electron chi connectivity index (χ0n) is 20.4. The fraction of sp³-hybridized carbons (Fsp3) is 0.214. The van der Waals surface area contributed by atoms with Gasteiger partial charge in [-0.3, -0.25) is 19.3 Å². The van der Waals surface area contributed by atoms with Gasteiger partial charge in [-0.2, -0.15) is 0 Å². The first-order chi connectivity index (χ1) is 17.2. The summed E-state index contributed by atoms with van der Waals surface area (Å²) in [6.45, 7) is 5.08. The first kappa shape index (κ1) is 24.7. The van der Waals surface area contributed by atoms with Gasteiger partial charge in [0.15, 0.2) is 0 Å². The van der Waals surface area contributed by atoms with Crippen molar-refractivity contribution < 1.29 is 28.7 Å². The van der Waals surface area contributed by atoms with Crippen LogP contribution in [0.15, 0.2) is 66.7 Å². The Morgan fingerprint density at radius 1 is 0.861 bits per heavy atom. The van der Waals surface area contributed by atoms with Crippen molar-refractivity contribution in [1.29, 1.82) is 0 Å². The van der Waals surface area contributed by atoms with E-state index in [1.54, 1.807) is 60.7 Å². The van der Waals surface area contributed by atoms with Crippen LogP contribution >= 0.6 is 0 Å². The van der Waals surface area contributed by atoms with Gasteiger partial charge in [-0.1, -0.05) is 48.0 Å². The largest absolute Gasteiger partial charge is 0.495 e. The van der Waals surface area contributed by atoms with E-state index in [0.717, 1.165) is 16.0 Å². The van der Waals surface area contributed by atoms with Crippen molar-refractivity contribution in [1.82, 2.24) is 4.90 Å². The minimum atomic E-state index is -1.33. The van der Waals surface area contributed by atoms with Crippen molar-refractivity contribution in [2.45, 2.75) is 32.9 Å². The summed E-state index contributed by atoms with van der Waals surface area (Å²) in [5.74, 6) is -2.20. The molecule has 0 saturated heterocycles. The van der Waals surface area contributed by atoms with Gasteiger partial charge in [0.25, 0.3) is 17.7 Å². The first-order valence-electron chi connectivity index (χ1n) is 11.4. The van der Waals surface area contributed by atoms with E-state index >= 15 is 0 Å². The quantitative estimate of drug-likeness (QED) is 0.396. The Labute approximate surface area is 208 Å². The Morgan fingerprint density at radius 3 is 2.19 bits per heavy atom. The van der Waals surface area contributed by atoms with E-state index in [0.29, 0.717) is 17.0 Å². The highest BCUT2D eigenvalue weighted by molar-refractivity contribution is 6.22. The fourth-order valence-corrected chi connectivity index (χ4v) is 4.06. The summed E-state index contributed by atoms with van der Waals surface area (Å²) in [6, 6.07) is 17.5. The number of carbonyl (C=O) groups is 4. The number of benzene rings is 3. The third kappa shape index (κ3) is 4.70. The van der Waals surface area contributed by atoms with Crippen LogP contribution in [0.1, 0.15) is 50.4 Å². The molecule has 184 valence electrons. The topological polar surface area (TPSA) is 102 Å². The molecule has 0 fully saturated rings. The summed E-state index contributed by atoms with van der Waals surface area (Å²) in [4.78, 5) is 53.2. The Bertz CT molecular complexity index is 1350. The van der Waals surface area contributed by atoms with Gasteiger partial charge >= 0.3 is 5.97 Å². The molecule has 2 atom stereocenters. The predicted octanol–water partition coefficient (Wildman–Crippen LogP) is 4.22. The summed E-state index contributed by atoms with van der Waals surface area (Å²) < 4.78 is 11.0. The third-order valence-electron chi connectivity index (χ3n) is 5.99. The van der Waals surface area contributed by atoms with Crippen molar-refractivity contribution in [3.8, 4) is 5.75 Å². The number of fused-ring (bicyclic) bond motifs is 1. The lowest BCUT2D eigenvalue weighted by atomic mass is 10.1. The van der Waals surface area contributed by atoms with Crippen LogP contribution in [0.3, 0.4) is 0 Å². The number of aryl methyl sites for hydroxylation is 2. The number of imide groups is 1. The predicted molar refractivity (Wildman–Crippen MR) is 133 cm³/mol. The van der Waals surface area contributed by atoms with E-state index < -0.39 is 35.8 Å². The second-order valence-corrected chi connectivity index (χ2v) is 8.63. The molecule has 0 spiro atoms. The minimum Gasteiger partial charge on any atom is -0.495 e. The van der Waals surface area contributed by atoms with Crippen LogP contribution in [0.2, 0.25) is 0 Å². The smallest absolute Gasteiger partial charge is 0.330 e. The number of hydrogen-bond donors (Lipinski definition) is 1. The molecule has 0 saturated carbocycles. The maximum atomic E-state index is 13.3. The summed E-state index contributed by atoms with van der Waals surface area (Å²) in [5.41, 5.74) is 3.04. The molecule has 0 aromatic heterocycles. The molecule has 2 unspecified atom stereocenters. The average molecular weight is 487 g/mol. The van der Waals surface area contributed by atoms with Crippen LogP contribution in [0.5, 0.6) is 5.75 Å². The number of rotatable bonds is 7. The van der Waals surface area contributed by atoms with Gasteiger partial charge in [-0.05, 0) is 50.6 Å². The van der Waals surface area contributed by atoms with Gasteiger partial charge < -0.3 is 14.8 Å². The van der Waals surface area contributed by atoms with Gasteiger partial charge in [0.1, 0.15) is 11.8 Å². The Hall–Kier alpha value is -4.46. The molecule has 8 nitrogen and oxygen atoms in total. The van der Waals surface area contributed by atoms with E-state index in [1.807, 2.05) is 19.9 Å². The second-order valence-electron chi connectivity index (χ2n) is 8.63. The fourth-order valence-electron chi connectivity index (χ4n) is 4.06. The highest BCUT2D eigenvalue weighted by Crippen LogP contribution is 2.30. The van der Waals surface area contributed by atoms with E-state index in [1.165, 1.54) is 14.0 Å². The number of ether oxygens (including phenoxy) is 2. The van der Waals surface area contributed by atoms with Crippen molar-refractivity contribution in [2.24, 2.45) is 0 Å². The molecule has 8 heteroatoms. The standard InChI is InChI=1S/C28H26N2O6/c1-16-10-12-20-21(14-16)27(33)30(26(20)32)18(3)28(34)36-24(19-8-6-5-7-9-19)25(31)29-22-15-17(2)11-13-23(22)35-4/h5-15,18,24H,1-4H3,(H,29,31). The van der Waals surface area contributed by atoms with Crippen LogP contribution in [-0.4, -0.2) is 41.7 Å². The van der Waals surface area contributed by atoms with E-state index in [-0.39, 0.29) is 11.1 Å². The van der Waals surface area contributed by atoms with Crippen LogP contribution in [0.4, 0.5) is 5.69 Å². The van der Waals surface area contributed by atoms with Crippen molar-refractivity contribution in [3.63, 3.8) is 0 Å². The summed E-state index contributed by atoms with van der Waals surface area (Å²) in [7, 11) is 1.49. The molecule has 0 aliphatic carbocycles. The normalized spacial score (nSPS) is 14.2. The molecule has 3 aromatic carbocycles. The molecule has 0 radical (unpaired) electrons. The Balaban J connectivity index is 1.59. The van der Waals surface area contributed by atoms with Gasteiger partial charge in [-0.15, -0.1) is 0 Å². The number of hydrogen-bond acceptors (Lipinski definition) is 6. The SMILES string of the molecule is COc1ccc(C)cc1NC(=O)C(OC(=O)C(C)N1C(=O)c2ccc(C)cc2C1=O)c1ccccc1. The molecule has 1 aliphatic heterocycles. The van der Waals surface area contributed by atoms with Gasteiger partial charge in [-0.25, -0.2) is 4.79 Å². The first-order valence-corrected chi connectivity index (χ1v) is 11.4. The third-order valence-corrected chi connectivity index (χ3v) is 5.99. The molecule has 3 amide bonds. The summed E-state index contributed by atoms with van der Waals surface area (Å²) in [6.07, 6.45) is -1.33. The highest BCUT2D eigenvalue weighted by Gasteiger charge is 2.42. The maximum Gasteiger partial charge on any atom is 0.330 e. The average Bonchev–Trinajstić information content (AvgIpc) is 3.11. The Morgan fingerprint density at radius 2 is 1.50 bits per heavy atom. The number of carbonyl (C=O) groups excluding carboxylic acids is 4. The van der Waals surface area contributed by atoms with Crippen LogP contribution in [-0.2, 0) is 14.3 Å². The summed E-state index contributed by atoms with van der Waals surface area (Å²) >= 11 is 0. The van der Waals surface area contributed by atoms with Crippen LogP contribution in [0.25, 0.3) is 0 Å². The number of anilines is 1. The lowest BCUT2D eigenvalue weighted by molar-refractivity contribution is -0.158. The molecule has 36 heavy (non-hydrogen) atoms. The second kappa shape index (κ2) is 10.0. The number of methoxy groups -OCH3 is 1. The number of nitrogens with zero attached hydrogens (tertiary/aromatic N) is 1. The molecule has 1 heterocycles. The number of nitrogens with one attached hydrogen (secondary N) is 1. The highest BCUT2D eigenvalue weighted by atomic mass is 16.6. The monoisotopic (exact) mass is 486 g/mol. The maximum absolute atomic E-state index is 13.3. The van der Waals surface area contributed by atoms with E-state index in [2.05, 4.69) is 5.32 Å². The van der Waals surface area contributed by atoms with Gasteiger partial charge in [0, 0.05) is 5.56 Å². The van der Waals surface area contributed by atoms with Gasteiger partial charge in [0.2, 0.25) is 6.10 Å². The summed E-state index contributed by atoms with van der Waals surface area (Å²) in [5, 5.41) is 2.76. The molecule has 1 aliphatic rings. The van der Waals surface area contributed by atoms with Crippen LogP contribution in [0, 0.1) is 13.8 Å². The zero-order valence-corrected chi connectivity index (χ0v) is 20.4. The zero-order chi connectivity index (χ0) is 26.0. The number of amides is 3. The molecular weight excluding hydrogens is 460 g/mol. The number of esters is 1. The van der Waals surface area contributed by atoms with Crippen LogP contribution < -0.4 is 10.1 Å². The lowest BCUT2D eigenvalue weighted by Gasteiger charge is -2.24. The van der Waals surface area contributed by atoms with Crippen molar-refractivity contribution in [2.75, 3.05) is 12.4 Å². The minimum absolute atomic E-state index is 0.231. The molecular formula is C28H26N2O6. The van der Waals surface area contributed by atoms with Crippen molar-refractivity contribution >= 4 is 29.4 Å². The van der Waals surface area contributed by atoms with Crippen molar-refractivity contribution in [3.05, 3.63) is 94.5 Å². The van der Waals surface area contributed by atoms with E-state index in [4.69, 9.17) is 9.47 Å². The Kier molecular flexibility index (Phi) is 6.87. The van der Waals surface area contributed by atoms with E-state index in [9.17, 15) is 19.2 Å². The molecule has 0 bridgehead atoms.